The SMILES string of the molecule is CCCCCC[P]c1cccc2ccccc12. The van der Waals surface area contributed by atoms with Crippen molar-refractivity contribution >= 4 is 24.7 Å². The molecule has 89 valence electrons. The third-order valence-electron chi connectivity index (χ3n) is 3.06. The molecule has 0 bridgehead atoms. The van der Waals surface area contributed by atoms with E-state index in [2.05, 4.69) is 49.4 Å². The lowest BCUT2D eigenvalue weighted by Gasteiger charge is -2.05. The van der Waals surface area contributed by atoms with Gasteiger partial charge in [-0.3, -0.25) is 0 Å². The van der Waals surface area contributed by atoms with Crippen LogP contribution in [0.5, 0.6) is 0 Å². The smallest absolute Gasteiger partial charge is 0.0103 e. The minimum absolute atomic E-state index is 1.30. The highest BCUT2D eigenvalue weighted by molar-refractivity contribution is 7.47. The van der Waals surface area contributed by atoms with Crippen molar-refractivity contribution in [3.63, 3.8) is 0 Å². The average Bonchev–Trinajstić information content (AvgIpc) is 2.39. The third-order valence-corrected chi connectivity index (χ3v) is 4.33. The van der Waals surface area contributed by atoms with Crippen LogP contribution in [0.25, 0.3) is 10.8 Å². The first-order chi connectivity index (χ1) is 8.42. The Hall–Kier alpha value is -0.870. The van der Waals surface area contributed by atoms with Crippen LogP contribution in [0.2, 0.25) is 0 Å². The number of unbranched alkanes of at least 4 members (excludes halogenated alkanes) is 3. The van der Waals surface area contributed by atoms with E-state index in [0.29, 0.717) is 0 Å². The van der Waals surface area contributed by atoms with Crippen molar-refractivity contribution in [1.82, 2.24) is 0 Å². The monoisotopic (exact) mass is 243 g/mol. The Bertz CT molecular complexity index is 457. The van der Waals surface area contributed by atoms with E-state index < -0.39 is 0 Å². The summed E-state index contributed by atoms with van der Waals surface area (Å²) in [5.41, 5.74) is 0. The van der Waals surface area contributed by atoms with Crippen LogP contribution in [0.3, 0.4) is 0 Å². The first-order valence-electron chi connectivity index (χ1n) is 6.57. The summed E-state index contributed by atoms with van der Waals surface area (Å²) in [6, 6.07) is 15.3. The molecule has 0 fully saturated rings. The molecule has 0 aromatic heterocycles. The molecule has 0 atom stereocenters. The van der Waals surface area contributed by atoms with Gasteiger partial charge in [0.15, 0.2) is 0 Å². The second-order valence-electron chi connectivity index (χ2n) is 4.44. The molecule has 2 aromatic rings. The fourth-order valence-electron chi connectivity index (χ4n) is 2.08. The molecule has 0 aliphatic carbocycles. The summed E-state index contributed by atoms with van der Waals surface area (Å²) in [7, 11) is 1.48. The highest BCUT2D eigenvalue weighted by atomic mass is 31.1. The molecule has 0 spiro atoms. The molecule has 1 radical (unpaired) electrons. The summed E-state index contributed by atoms with van der Waals surface area (Å²) >= 11 is 0. The van der Waals surface area contributed by atoms with Gasteiger partial charge in [-0.05, 0) is 37.2 Å². The van der Waals surface area contributed by atoms with Crippen LogP contribution >= 0.6 is 8.58 Å². The van der Waals surface area contributed by atoms with E-state index >= 15 is 0 Å². The van der Waals surface area contributed by atoms with E-state index in [1.165, 1.54) is 56.5 Å². The molecular weight excluding hydrogens is 223 g/mol. The maximum Gasteiger partial charge on any atom is -0.0103 e. The first kappa shape index (κ1) is 12.6. The zero-order valence-corrected chi connectivity index (χ0v) is 11.4. The number of rotatable bonds is 6. The van der Waals surface area contributed by atoms with Crippen LogP contribution in [-0.4, -0.2) is 6.16 Å². The van der Waals surface area contributed by atoms with Crippen molar-refractivity contribution in [3.8, 4) is 0 Å². The van der Waals surface area contributed by atoms with Crippen LogP contribution in [0.4, 0.5) is 0 Å². The molecule has 0 amide bonds. The van der Waals surface area contributed by atoms with E-state index in [9.17, 15) is 0 Å². The molecule has 0 N–H and O–H groups in total. The minimum Gasteiger partial charge on any atom is -0.0654 e. The summed E-state index contributed by atoms with van der Waals surface area (Å²) in [4.78, 5) is 0. The van der Waals surface area contributed by atoms with E-state index in [0.717, 1.165) is 0 Å². The quantitative estimate of drug-likeness (QED) is 0.495. The molecule has 0 heterocycles. The van der Waals surface area contributed by atoms with Gasteiger partial charge in [0.2, 0.25) is 0 Å². The summed E-state index contributed by atoms with van der Waals surface area (Å²) in [6.07, 6.45) is 6.75. The molecule has 0 saturated heterocycles. The Labute approximate surface area is 106 Å². The standard InChI is InChI=1S/C16H20P/c1-2-3-4-7-13-17-16-12-8-10-14-9-5-6-11-15(14)16/h5-6,8-12H,2-4,7,13H2,1H3. The number of hydrogen-bond acceptors (Lipinski definition) is 0. The van der Waals surface area contributed by atoms with Gasteiger partial charge >= 0.3 is 0 Å². The largest absolute Gasteiger partial charge is 0.0654 e. The van der Waals surface area contributed by atoms with Gasteiger partial charge < -0.3 is 0 Å². The lowest BCUT2D eigenvalue weighted by molar-refractivity contribution is 0.706. The van der Waals surface area contributed by atoms with Crippen molar-refractivity contribution in [3.05, 3.63) is 42.5 Å². The van der Waals surface area contributed by atoms with E-state index in [-0.39, 0.29) is 0 Å². The zero-order chi connectivity index (χ0) is 11.9. The second-order valence-corrected chi connectivity index (χ2v) is 5.69. The van der Waals surface area contributed by atoms with Gasteiger partial charge in [0.25, 0.3) is 0 Å². The van der Waals surface area contributed by atoms with Gasteiger partial charge in [0.1, 0.15) is 0 Å². The summed E-state index contributed by atoms with van der Waals surface area (Å²) in [5.74, 6) is 0. The van der Waals surface area contributed by atoms with Gasteiger partial charge in [-0.2, -0.15) is 0 Å². The molecule has 2 aromatic carbocycles. The number of fused-ring (bicyclic) bond motifs is 1. The zero-order valence-electron chi connectivity index (χ0n) is 10.5. The molecule has 1 heteroatoms. The molecule has 17 heavy (non-hydrogen) atoms. The van der Waals surface area contributed by atoms with E-state index in [4.69, 9.17) is 0 Å². The summed E-state index contributed by atoms with van der Waals surface area (Å²) in [5, 5.41) is 4.28. The van der Waals surface area contributed by atoms with Gasteiger partial charge in [-0.15, -0.1) is 0 Å². The second kappa shape index (κ2) is 6.77. The van der Waals surface area contributed by atoms with Gasteiger partial charge in [0, 0.05) is 0 Å². The van der Waals surface area contributed by atoms with Crippen LogP contribution in [0.15, 0.2) is 42.5 Å². The minimum atomic E-state index is 1.30. The molecule has 0 aliphatic rings. The Morgan fingerprint density at radius 2 is 1.71 bits per heavy atom. The normalized spacial score (nSPS) is 11.6. The molecule has 0 unspecified atom stereocenters. The molecular formula is C16H20P. The van der Waals surface area contributed by atoms with Crippen molar-refractivity contribution in [1.29, 1.82) is 0 Å². The van der Waals surface area contributed by atoms with Crippen molar-refractivity contribution < 1.29 is 0 Å². The topological polar surface area (TPSA) is 0 Å². The Morgan fingerprint density at radius 1 is 0.882 bits per heavy atom. The van der Waals surface area contributed by atoms with Crippen molar-refractivity contribution in [2.24, 2.45) is 0 Å². The Morgan fingerprint density at radius 3 is 2.59 bits per heavy atom. The third kappa shape index (κ3) is 3.54. The number of hydrogen-bond donors (Lipinski definition) is 0. The maximum absolute atomic E-state index is 2.27. The van der Waals surface area contributed by atoms with E-state index in [1.54, 1.807) is 0 Å². The van der Waals surface area contributed by atoms with Crippen molar-refractivity contribution in [2.75, 3.05) is 6.16 Å². The summed E-state index contributed by atoms with van der Waals surface area (Å²) in [6.45, 7) is 2.27. The summed E-state index contributed by atoms with van der Waals surface area (Å²) < 4.78 is 0. The Balaban J connectivity index is 1.98. The van der Waals surface area contributed by atoms with Crippen LogP contribution in [0.1, 0.15) is 32.6 Å². The lowest BCUT2D eigenvalue weighted by Crippen LogP contribution is -1.97. The predicted octanol–water partition coefficient (Wildman–Crippen LogP) is 4.99. The van der Waals surface area contributed by atoms with Gasteiger partial charge in [-0.1, -0.05) is 68.7 Å². The van der Waals surface area contributed by atoms with Crippen LogP contribution in [0, 0.1) is 0 Å². The molecule has 2 rings (SSSR count). The van der Waals surface area contributed by atoms with Crippen LogP contribution in [-0.2, 0) is 0 Å². The Kier molecular flexibility index (Phi) is 5.01. The van der Waals surface area contributed by atoms with E-state index in [1.807, 2.05) is 0 Å². The fraction of sp³-hybridized carbons (Fsp3) is 0.375. The van der Waals surface area contributed by atoms with Crippen LogP contribution < -0.4 is 5.30 Å². The highest BCUT2D eigenvalue weighted by Crippen LogP contribution is 2.21. The fourth-order valence-corrected chi connectivity index (χ4v) is 3.27. The van der Waals surface area contributed by atoms with Crippen molar-refractivity contribution in [2.45, 2.75) is 32.6 Å². The maximum atomic E-state index is 2.27. The molecule has 0 aliphatic heterocycles. The molecule has 0 nitrogen and oxygen atoms in total. The number of benzene rings is 2. The lowest BCUT2D eigenvalue weighted by atomic mass is 10.1. The average molecular weight is 243 g/mol. The highest BCUT2D eigenvalue weighted by Gasteiger charge is 2.00. The first-order valence-corrected chi connectivity index (χ1v) is 7.65. The molecule has 0 saturated carbocycles. The van der Waals surface area contributed by atoms with Gasteiger partial charge in [-0.25, -0.2) is 0 Å². The van der Waals surface area contributed by atoms with Gasteiger partial charge in [0.05, 0.1) is 0 Å². The predicted molar refractivity (Wildman–Crippen MR) is 79.5 cm³/mol.